The van der Waals surface area contributed by atoms with Gasteiger partial charge in [-0.2, -0.15) is 5.10 Å². The molecular weight excluding hydrogens is 329 g/mol. The molecule has 1 heterocycles. The van der Waals surface area contributed by atoms with Crippen LogP contribution in [0.4, 0.5) is 4.39 Å². The van der Waals surface area contributed by atoms with E-state index in [0.29, 0.717) is 18.2 Å². The molecule has 0 spiro atoms. The van der Waals surface area contributed by atoms with Gasteiger partial charge in [-0.3, -0.25) is 9.48 Å². The lowest BCUT2D eigenvalue weighted by molar-refractivity contribution is 0.0758. The lowest BCUT2D eigenvalue weighted by Crippen LogP contribution is -2.32. The summed E-state index contributed by atoms with van der Waals surface area (Å²) in [4.78, 5) is 14.6. The highest BCUT2D eigenvalue weighted by Crippen LogP contribution is 2.41. The smallest absolute Gasteiger partial charge is 0.275 e. The van der Waals surface area contributed by atoms with Gasteiger partial charge in [0, 0.05) is 18.2 Å². The zero-order chi connectivity index (χ0) is 18.9. The van der Waals surface area contributed by atoms with E-state index in [-0.39, 0.29) is 23.8 Å². The number of halogens is 1. The molecule has 4 nitrogen and oxygen atoms in total. The molecule has 1 aliphatic carbocycles. The second-order valence-corrected chi connectivity index (χ2v) is 7.80. The molecule has 0 N–H and O–H groups in total. The summed E-state index contributed by atoms with van der Waals surface area (Å²) in [6.45, 7) is 6.75. The molecule has 1 amide bonds. The number of terminal acetylenes is 1. The van der Waals surface area contributed by atoms with Crippen molar-refractivity contribution < 1.29 is 9.18 Å². The third-order valence-corrected chi connectivity index (χ3v) is 4.44. The summed E-state index contributed by atoms with van der Waals surface area (Å²) in [6.07, 6.45) is 7.73. The average Bonchev–Trinajstić information content (AvgIpc) is 3.32. The van der Waals surface area contributed by atoms with Gasteiger partial charge in [0.25, 0.3) is 5.91 Å². The number of carbonyl (C=O) groups is 1. The minimum Gasteiger partial charge on any atom is -0.322 e. The Labute approximate surface area is 154 Å². The summed E-state index contributed by atoms with van der Waals surface area (Å²) in [5.41, 5.74) is 2.17. The lowest BCUT2D eigenvalue weighted by atomic mass is 10.1. The number of aromatic nitrogens is 2. The van der Waals surface area contributed by atoms with Crippen molar-refractivity contribution in [2.24, 2.45) is 0 Å². The summed E-state index contributed by atoms with van der Waals surface area (Å²) in [5, 5.41) is 4.60. The minimum absolute atomic E-state index is 0.178. The second kappa shape index (κ2) is 6.95. The van der Waals surface area contributed by atoms with Crippen LogP contribution in [-0.4, -0.2) is 27.1 Å². The molecule has 0 bridgehead atoms. The molecule has 1 saturated carbocycles. The molecule has 5 heteroatoms. The average molecular weight is 353 g/mol. The fourth-order valence-corrected chi connectivity index (χ4v) is 2.99. The first-order chi connectivity index (χ1) is 12.3. The largest absolute Gasteiger partial charge is 0.322 e. The van der Waals surface area contributed by atoms with Gasteiger partial charge in [-0.05, 0) is 57.4 Å². The van der Waals surface area contributed by atoms with Crippen LogP contribution in [0.15, 0.2) is 30.3 Å². The number of rotatable bonds is 5. The van der Waals surface area contributed by atoms with Crippen LogP contribution >= 0.6 is 0 Å². The van der Waals surface area contributed by atoms with E-state index in [0.717, 1.165) is 24.1 Å². The zero-order valence-corrected chi connectivity index (χ0v) is 15.5. The predicted octanol–water partition coefficient (Wildman–Crippen LogP) is 3.93. The van der Waals surface area contributed by atoms with Crippen molar-refractivity contribution >= 4 is 5.91 Å². The van der Waals surface area contributed by atoms with Gasteiger partial charge in [0.15, 0.2) is 5.69 Å². The molecule has 3 rings (SSSR count). The van der Waals surface area contributed by atoms with Crippen LogP contribution in [0.5, 0.6) is 0 Å². The number of nitrogens with zero attached hydrogens (tertiary/aromatic N) is 3. The van der Waals surface area contributed by atoms with E-state index in [1.54, 1.807) is 17.0 Å². The monoisotopic (exact) mass is 353 g/mol. The molecule has 1 fully saturated rings. The molecule has 0 unspecified atom stereocenters. The molecule has 2 aromatic rings. The Kier molecular flexibility index (Phi) is 4.86. The fraction of sp³-hybridized carbons (Fsp3) is 0.429. The van der Waals surface area contributed by atoms with E-state index in [1.807, 2.05) is 10.7 Å². The van der Waals surface area contributed by atoms with Crippen LogP contribution in [0.3, 0.4) is 0 Å². The summed E-state index contributed by atoms with van der Waals surface area (Å²) in [6, 6.07) is 7.99. The molecule has 1 aliphatic rings. The highest BCUT2D eigenvalue weighted by molar-refractivity contribution is 5.92. The first kappa shape index (κ1) is 18.2. The Morgan fingerprint density at radius 1 is 1.35 bits per heavy atom. The van der Waals surface area contributed by atoms with Crippen molar-refractivity contribution in [2.45, 2.75) is 51.6 Å². The number of amides is 1. The lowest BCUT2D eigenvalue weighted by Gasteiger charge is -2.22. The van der Waals surface area contributed by atoms with Gasteiger partial charge in [-0.25, -0.2) is 4.39 Å². The molecule has 1 aromatic heterocycles. The number of carbonyl (C=O) groups excluding carboxylic acids is 1. The van der Waals surface area contributed by atoms with E-state index in [2.05, 4.69) is 31.8 Å². The van der Waals surface area contributed by atoms with E-state index in [1.165, 1.54) is 12.1 Å². The summed E-state index contributed by atoms with van der Waals surface area (Å²) >= 11 is 0. The zero-order valence-electron chi connectivity index (χ0n) is 15.5. The van der Waals surface area contributed by atoms with E-state index in [9.17, 15) is 9.18 Å². The van der Waals surface area contributed by atoms with Crippen molar-refractivity contribution in [3.8, 4) is 12.3 Å². The molecule has 136 valence electrons. The van der Waals surface area contributed by atoms with Crippen LogP contribution in [0.2, 0.25) is 0 Å². The van der Waals surface area contributed by atoms with Gasteiger partial charge in [0.2, 0.25) is 0 Å². The topological polar surface area (TPSA) is 38.1 Å². The maximum Gasteiger partial charge on any atom is 0.275 e. The standard InChI is InChI=1S/C21H24FN3O/c1-5-12-24(14-15-6-10-17(22)11-7-15)20(26)18-13-19(16-8-9-16)25(23-18)21(2,3)4/h1,6-7,10-11,13,16H,8-9,12,14H2,2-4H3. The Bertz CT molecular complexity index is 836. The molecule has 1 aromatic carbocycles. The summed E-state index contributed by atoms with van der Waals surface area (Å²) in [5.74, 6) is 2.52. The van der Waals surface area contributed by atoms with Gasteiger partial charge < -0.3 is 4.90 Å². The molecule has 0 aliphatic heterocycles. The fourth-order valence-electron chi connectivity index (χ4n) is 2.99. The highest BCUT2D eigenvalue weighted by atomic mass is 19.1. The van der Waals surface area contributed by atoms with Crippen LogP contribution in [0, 0.1) is 18.2 Å². The quantitative estimate of drug-likeness (QED) is 0.764. The van der Waals surface area contributed by atoms with Crippen molar-refractivity contribution in [3.05, 3.63) is 53.1 Å². The van der Waals surface area contributed by atoms with Crippen LogP contribution in [0.1, 0.15) is 61.3 Å². The molecular formula is C21H24FN3O. The van der Waals surface area contributed by atoms with Gasteiger partial charge >= 0.3 is 0 Å². The van der Waals surface area contributed by atoms with Gasteiger partial charge in [0.05, 0.1) is 12.1 Å². The van der Waals surface area contributed by atoms with Gasteiger partial charge in [-0.1, -0.05) is 18.1 Å². The minimum atomic E-state index is -0.304. The van der Waals surface area contributed by atoms with Crippen molar-refractivity contribution in [3.63, 3.8) is 0 Å². The molecule has 0 radical (unpaired) electrons. The molecule has 26 heavy (non-hydrogen) atoms. The maximum absolute atomic E-state index is 13.1. The Hall–Kier alpha value is -2.61. The van der Waals surface area contributed by atoms with E-state index < -0.39 is 0 Å². The summed E-state index contributed by atoms with van der Waals surface area (Å²) in [7, 11) is 0. The van der Waals surface area contributed by atoms with Crippen LogP contribution in [-0.2, 0) is 12.1 Å². The Balaban J connectivity index is 1.87. The highest BCUT2D eigenvalue weighted by Gasteiger charge is 2.33. The van der Waals surface area contributed by atoms with E-state index in [4.69, 9.17) is 6.42 Å². The maximum atomic E-state index is 13.1. The molecule has 0 saturated heterocycles. The molecule has 0 atom stereocenters. The number of benzene rings is 1. The van der Waals surface area contributed by atoms with Crippen molar-refractivity contribution in [2.75, 3.05) is 6.54 Å². The SMILES string of the molecule is C#CCN(Cc1ccc(F)cc1)C(=O)c1cc(C2CC2)n(C(C)(C)C)n1. The first-order valence-corrected chi connectivity index (χ1v) is 8.87. The Morgan fingerprint density at radius 2 is 2.00 bits per heavy atom. The predicted molar refractivity (Wildman–Crippen MR) is 99.2 cm³/mol. The van der Waals surface area contributed by atoms with Gasteiger partial charge in [0.1, 0.15) is 5.82 Å². The third-order valence-electron chi connectivity index (χ3n) is 4.44. The van der Waals surface area contributed by atoms with Crippen LogP contribution < -0.4 is 0 Å². The second-order valence-electron chi connectivity index (χ2n) is 7.80. The summed E-state index contributed by atoms with van der Waals surface area (Å²) < 4.78 is 15.1. The third kappa shape index (κ3) is 3.96. The van der Waals surface area contributed by atoms with Crippen LogP contribution in [0.25, 0.3) is 0 Å². The van der Waals surface area contributed by atoms with Gasteiger partial charge in [-0.15, -0.1) is 6.42 Å². The van der Waals surface area contributed by atoms with E-state index >= 15 is 0 Å². The number of hydrogen-bond acceptors (Lipinski definition) is 2. The normalized spacial score (nSPS) is 14.1. The van der Waals surface area contributed by atoms with Crippen molar-refractivity contribution in [1.82, 2.24) is 14.7 Å². The Morgan fingerprint density at radius 3 is 2.54 bits per heavy atom. The number of hydrogen-bond donors (Lipinski definition) is 0. The first-order valence-electron chi connectivity index (χ1n) is 8.87. The van der Waals surface area contributed by atoms with Crippen molar-refractivity contribution in [1.29, 1.82) is 0 Å².